The fourth-order valence-electron chi connectivity index (χ4n) is 0.773. The molecule has 0 spiro atoms. The molecule has 0 bridgehead atoms. The Kier molecular flexibility index (Phi) is 5.93. The molecule has 0 aromatic rings. The zero-order valence-electron chi connectivity index (χ0n) is 8.49. The van der Waals surface area contributed by atoms with Crippen molar-refractivity contribution in [1.29, 1.82) is 0 Å². The van der Waals surface area contributed by atoms with Crippen molar-refractivity contribution in [2.45, 2.75) is 12.5 Å². The summed E-state index contributed by atoms with van der Waals surface area (Å²) in [7, 11) is -3.22. The predicted molar refractivity (Wildman–Crippen MR) is 57.3 cm³/mol. The highest BCUT2D eigenvalue weighted by molar-refractivity contribution is 7.88. The smallest absolute Gasteiger partial charge is 0.237 e. The molecular weight excluding hydrogens is 218 g/mol. The van der Waals surface area contributed by atoms with Crippen LogP contribution in [-0.2, 0) is 14.8 Å². The Hall–Kier alpha value is -1.10. The molecule has 0 aromatic heterocycles. The van der Waals surface area contributed by atoms with Gasteiger partial charge in [-0.1, -0.05) is 0 Å². The molecule has 1 amide bonds. The molecule has 6 nitrogen and oxygen atoms in total. The number of nitrogens with two attached hydrogens (primary N) is 1. The van der Waals surface area contributed by atoms with Crippen molar-refractivity contribution in [3.8, 4) is 12.3 Å². The third-order valence-electron chi connectivity index (χ3n) is 1.46. The number of carbonyl (C=O) groups is 1. The highest BCUT2D eigenvalue weighted by Crippen LogP contribution is 1.84. The molecule has 4 N–H and O–H groups in total. The summed E-state index contributed by atoms with van der Waals surface area (Å²) in [6.07, 6.45) is 6.18. The molecule has 86 valence electrons. The maximum atomic E-state index is 11.1. The number of hydrogen-bond acceptors (Lipinski definition) is 4. The Bertz CT molecular complexity index is 345. The lowest BCUT2D eigenvalue weighted by Gasteiger charge is -2.09. The van der Waals surface area contributed by atoms with E-state index in [0.717, 1.165) is 6.26 Å². The second kappa shape index (κ2) is 6.40. The van der Waals surface area contributed by atoms with Gasteiger partial charge in [-0.05, 0) is 0 Å². The average molecular weight is 233 g/mol. The van der Waals surface area contributed by atoms with Crippen molar-refractivity contribution < 1.29 is 13.2 Å². The van der Waals surface area contributed by atoms with E-state index in [2.05, 4.69) is 16.0 Å². The van der Waals surface area contributed by atoms with E-state index < -0.39 is 16.1 Å². The molecular formula is C8H15N3O3S. The van der Waals surface area contributed by atoms with E-state index >= 15 is 0 Å². The Balaban J connectivity index is 3.70. The molecule has 0 saturated carbocycles. The van der Waals surface area contributed by atoms with Crippen LogP contribution in [0.3, 0.4) is 0 Å². The van der Waals surface area contributed by atoms with Gasteiger partial charge in [0, 0.05) is 19.5 Å². The summed E-state index contributed by atoms with van der Waals surface area (Å²) in [5.74, 6) is 1.88. The number of amides is 1. The first-order valence-corrected chi connectivity index (χ1v) is 6.17. The minimum Gasteiger partial charge on any atom is -0.353 e. The summed E-state index contributed by atoms with van der Waals surface area (Å²) in [5.41, 5.74) is 5.40. The Labute approximate surface area is 89.7 Å². The van der Waals surface area contributed by atoms with Gasteiger partial charge in [0.2, 0.25) is 15.9 Å². The molecule has 0 fully saturated rings. The van der Waals surface area contributed by atoms with Gasteiger partial charge in [-0.2, -0.15) is 0 Å². The SMILES string of the molecule is C#CCC(N)C(=O)NCCNS(C)(=O)=O. The van der Waals surface area contributed by atoms with Crippen molar-refractivity contribution in [1.82, 2.24) is 10.0 Å². The Morgan fingerprint density at radius 1 is 1.53 bits per heavy atom. The van der Waals surface area contributed by atoms with Crippen molar-refractivity contribution in [3.05, 3.63) is 0 Å². The zero-order valence-corrected chi connectivity index (χ0v) is 9.30. The van der Waals surface area contributed by atoms with Crippen LogP contribution >= 0.6 is 0 Å². The van der Waals surface area contributed by atoms with E-state index in [-0.39, 0.29) is 25.4 Å². The molecule has 0 rings (SSSR count). The van der Waals surface area contributed by atoms with Gasteiger partial charge in [0.05, 0.1) is 12.3 Å². The van der Waals surface area contributed by atoms with Gasteiger partial charge in [0.15, 0.2) is 0 Å². The summed E-state index contributed by atoms with van der Waals surface area (Å²) in [4.78, 5) is 11.1. The molecule has 15 heavy (non-hydrogen) atoms. The maximum absolute atomic E-state index is 11.1. The molecule has 0 aliphatic heterocycles. The molecule has 0 saturated heterocycles. The minimum atomic E-state index is -3.22. The lowest BCUT2D eigenvalue weighted by atomic mass is 10.2. The van der Waals surface area contributed by atoms with E-state index in [4.69, 9.17) is 12.2 Å². The van der Waals surface area contributed by atoms with E-state index in [1.54, 1.807) is 0 Å². The normalized spacial score (nSPS) is 12.9. The van der Waals surface area contributed by atoms with Crippen LogP contribution in [0.25, 0.3) is 0 Å². The molecule has 0 heterocycles. The first kappa shape index (κ1) is 13.9. The second-order valence-electron chi connectivity index (χ2n) is 2.97. The van der Waals surface area contributed by atoms with Crippen molar-refractivity contribution in [2.24, 2.45) is 5.73 Å². The van der Waals surface area contributed by atoms with E-state index in [1.165, 1.54) is 0 Å². The van der Waals surface area contributed by atoms with Gasteiger partial charge >= 0.3 is 0 Å². The lowest BCUT2D eigenvalue weighted by Crippen LogP contribution is -2.43. The fourth-order valence-corrected chi connectivity index (χ4v) is 1.25. The van der Waals surface area contributed by atoms with Gasteiger partial charge in [-0.15, -0.1) is 12.3 Å². The molecule has 1 unspecified atom stereocenters. The summed E-state index contributed by atoms with van der Waals surface area (Å²) in [5, 5.41) is 2.45. The number of hydrogen-bond donors (Lipinski definition) is 3. The molecule has 1 atom stereocenters. The fraction of sp³-hybridized carbons (Fsp3) is 0.625. The number of nitrogens with one attached hydrogen (secondary N) is 2. The van der Waals surface area contributed by atoms with Crippen LogP contribution in [0.4, 0.5) is 0 Å². The van der Waals surface area contributed by atoms with Crippen LogP contribution < -0.4 is 15.8 Å². The van der Waals surface area contributed by atoms with E-state index in [9.17, 15) is 13.2 Å². The highest BCUT2D eigenvalue weighted by Gasteiger charge is 2.10. The third-order valence-corrected chi connectivity index (χ3v) is 2.19. The standard InChI is InChI=1S/C8H15N3O3S/c1-3-4-7(9)8(12)10-5-6-11-15(2,13)14/h1,7,11H,4-6,9H2,2H3,(H,10,12). The van der Waals surface area contributed by atoms with Crippen LogP contribution in [0.1, 0.15) is 6.42 Å². The predicted octanol–water partition coefficient (Wildman–Crippen LogP) is -2.00. The van der Waals surface area contributed by atoms with Gasteiger partial charge in [0.1, 0.15) is 0 Å². The third kappa shape index (κ3) is 7.93. The monoisotopic (exact) mass is 233 g/mol. The van der Waals surface area contributed by atoms with Crippen LogP contribution in [-0.4, -0.2) is 39.7 Å². The van der Waals surface area contributed by atoms with Crippen LogP contribution in [0.15, 0.2) is 0 Å². The average Bonchev–Trinajstić information content (AvgIpc) is 2.11. The molecule has 7 heteroatoms. The van der Waals surface area contributed by atoms with Crippen LogP contribution in [0.2, 0.25) is 0 Å². The summed E-state index contributed by atoms with van der Waals surface area (Å²) in [6, 6.07) is -0.742. The Morgan fingerprint density at radius 3 is 2.60 bits per heavy atom. The largest absolute Gasteiger partial charge is 0.353 e. The Morgan fingerprint density at radius 2 is 2.13 bits per heavy atom. The first-order chi connectivity index (χ1) is 6.87. The quantitative estimate of drug-likeness (QED) is 0.365. The lowest BCUT2D eigenvalue weighted by molar-refractivity contribution is -0.122. The van der Waals surface area contributed by atoms with Crippen LogP contribution in [0, 0.1) is 12.3 Å². The highest BCUT2D eigenvalue weighted by atomic mass is 32.2. The van der Waals surface area contributed by atoms with Crippen molar-refractivity contribution >= 4 is 15.9 Å². The number of sulfonamides is 1. The molecule has 0 aliphatic carbocycles. The zero-order chi connectivity index (χ0) is 11.9. The van der Waals surface area contributed by atoms with Crippen molar-refractivity contribution in [2.75, 3.05) is 19.3 Å². The first-order valence-electron chi connectivity index (χ1n) is 4.28. The summed E-state index contributed by atoms with van der Waals surface area (Å²) < 4.78 is 23.5. The van der Waals surface area contributed by atoms with Crippen molar-refractivity contribution in [3.63, 3.8) is 0 Å². The minimum absolute atomic E-state index is 0.132. The molecule has 0 aliphatic rings. The van der Waals surface area contributed by atoms with Gasteiger partial charge in [-0.25, -0.2) is 13.1 Å². The van der Waals surface area contributed by atoms with E-state index in [0.29, 0.717) is 0 Å². The van der Waals surface area contributed by atoms with E-state index in [1.807, 2.05) is 0 Å². The van der Waals surface area contributed by atoms with Gasteiger partial charge in [-0.3, -0.25) is 4.79 Å². The topological polar surface area (TPSA) is 101 Å². The number of terminal acetylenes is 1. The molecule has 0 radical (unpaired) electrons. The molecule has 0 aromatic carbocycles. The summed E-state index contributed by atoms with van der Waals surface area (Å²) in [6.45, 7) is 0.317. The second-order valence-corrected chi connectivity index (χ2v) is 4.81. The van der Waals surface area contributed by atoms with Gasteiger partial charge in [0.25, 0.3) is 0 Å². The van der Waals surface area contributed by atoms with Crippen LogP contribution in [0.5, 0.6) is 0 Å². The number of carbonyl (C=O) groups excluding carboxylic acids is 1. The maximum Gasteiger partial charge on any atom is 0.237 e. The number of rotatable bonds is 6. The van der Waals surface area contributed by atoms with Gasteiger partial charge < -0.3 is 11.1 Å². The summed E-state index contributed by atoms with van der Waals surface area (Å²) >= 11 is 0.